The SMILES string of the molecule is CCCc1nc(NN)cc(NCCOC2CCCCC2)n1. The van der Waals surface area contributed by atoms with Crippen LogP contribution >= 0.6 is 0 Å². The Hall–Kier alpha value is -1.40. The zero-order valence-corrected chi connectivity index (χ0v) is 12.9. The summed E-state index contributed by atoms with van der Waals surface area (Å²) in [5.74, 6) is 7.69. The zero-order chi connectivity index (χ0) is 14.9. The third kappa shape index (κ3) is 5.47. The Morgan fingerprint density at radius 1 is 1.24 bits per heavy atom. The van der Waals surface area contributed by atoms with Crippen molar-refractivity contribution in [1.29, 1.82) is 0 Å². The fourth-order valence-electron chi connectivity index (χ4n) is 2.63. The summed E-state index contributed by atoms with van der Waals surface area (Å²) in [5.41, 5.74) is 2.59. The molecule has 1 aromatic rings. The van der Waals surface area contributed by atoms with Crippen LogP contribution in [-0.2, 0) is 11.2 Å². The molecule has 0 radical (unpaired) electrons. The van der Waals surface area contributed by atoms with Gasteiger partial charge in [0.2, 0.25) is 0 Å². The molecule has 118 valence electrons. The topological polar surface area (TPSA) is 85.1 Å². The van der Waals surface area contributed by atoms with Crippen LogP contribution in [0.4, 0.5) is 11.6 Å². The third-order valence-corrected chi connectivity index (χ3v) is 3.71. The number of hydrazine groups is 1. The molecule has 0 amide bonds. The first-order chi connectivity index (χ1) is 10.3. The van der Waals surface area contributed by atoms with Gasteiger partial charge in [-0.25, -0.2) is 15.8 Å². The van der Waals surface area contributed by atoms with E-state index in [0.717, 1.165) is 31.0 Å². The molecule has 1 aliphatic carbocycles. The molecule has 0 unspecified atom stereocenters. The lowest BCUT2D eigenvalue weighted by Crippen LogP contribution is -2.21. The molecule has 1 fully saturated rings. The molecule has 1 aromatic heterocycles. The second-order valence-corrected chi connectivity index (χ2v) is 5.51. The predicted octanol–water partition coefficient (Wildman–Crippen LogP) is 2.48. The zero-order valence-electron chi connectivity index (χ0n) is 12.9. The maximum Gasteiger partial charge on any atom is 0.145 e. The first-order valence-corrected chi connectivity index (χ1v) is 8.02. The largest absolute Gasteiger partial charge is 0.376 e. The second kappa shape index (κ2) is 8.79. The Kier molecular flexibility index (Phi) is 6.69. The number of nitrogens with one attached hydrogen (secondary N) is 2. The van der Waals surface area contributed by atoms with Crippen molar-refractivity contribution in [3.05, 3.63) is 11.9 Å². The second-order valence-electron chi connectivity index (χ2n) is 5.51. The summed E-state index contributed by atoms with van der Waals surface area (Å²) in [6, 6.07) is 1.82. The molecule has 0 aromatic carbocycles. The first-order valence-electron chi connectivity index (χ1n) is 8.02. The van der Waals surface area contributed by atoms with Gasteiger partial charge >= 0.3 is 0 Å². The van der Waals surface area contributed by atoms with Gasteiger partial charge in [0.15, 0.2) is 0 Å². The average molecular weight is 293 g/mol. The van der Waals surface area contributed by atoms with E-state index in [0.29, 0.717) is 18.5 Å². The molecule has 0 saturated heterocycles. The summed E-state index contributed by atoms with van der Waals surface area (Å²) in [6.07, 6.45) is 8.68. The first kappa shape index (κ1) is 16.0. The number of nitrogens with two attached hydrogens (primary N) is 1. The molecule has 0 atom stereocenters. The molecule has 1 aliphatic rings. The van der Waals surface area contributed by atoms with E-state index in [1.807, 2.05) is 6.07 Å². The van der Waals surface area contributed by atoms with Gasteiger partial charge in [-0.2, -0.15) is 0 Å². The molecule has 0 aliphatic heterocycles. The Morgan fingerprint density at radius 3 is 2.71 bits per heavy atom. The van der Waals surface area contributed by atoms with Gasteiger partial charge < -0.3 is 15.5 Å². The lowest BCUT2D eigenvalue weighted by Gasteiger charge is -2.22. The van der Waals surface area contributed by atoms with Crippen molar-refractivity contribution >= 4 is 11.6 Å². The highest BCUT2D eigenvalue weighted by molar-refractivity contribution is 5.46. The van der Waals surface area contributed by atoms with Crippen LogP contribution in [0.3, 0.4) is 0 Å². The number of nitrogen functional groups attached to an aromatic ring is 1. The van der Waals surface area contributed by atoms with E-state index in [-0.39, 0.29) is 0 Å². The maximum atomic E-state index is 5.89. The molecule has 1 heterocycles. The van der Waals surface area contributed by atoms with E-state index in [9.17, 15) is 0 Å². The molecule has 4 N–H and O–H groups in total. The number of anilines is 2. The van der Waals surface area contributed by atoms with E-state index >= 15 is 0 Å². The number of hydrogen-bond donors (Lipinski definition) is 3. The highest BCUT2D eigenvalue weighted by Crippen LogP contribution is 2.20. The molecular weight excluding hydrogens is 266 g/mol. The molecule has 0 bridgehead atoms. The standard InChI is InChI=1S/C15H27N5O/c1-2-6-13-18-14(11-15(19-13)20-16)17-9-10-21-12-7-4-3-5-8-12/h11-12H,2-10,16H2,1H3,(H2,17,18,19,20). The van der Waals surface area contributed by atoms with Crippen molar-refractivity contribution in [2.24, 2.45) is 5.84 Å². The van der Waals surface area contributed by atoms with Crippen molar-refractivity contribution in [2.75, 3.05) is 23.9 Å². The Morgan fingerprint density at radius 2 is 2.00 bits per heavy atom. The van der Waals surface area contributed by atoms with Crippen LogP contribution in [0.2, 0.25) is 0 Å². The highest BCUT2D eigenvalue weighted by Gasteiger charge is 2.13. The summed E-state index contributed by atoms with van der Waals surface area (Å²) >= 11 is 0. The van der Waals surface area contributed by atoms with Gasteiger partial charge in [-0.3, -0.25) is 0 Å². The van der Waals surface area contributed by atoms with Crippen LogP contribution < -0.4 is 16.6 Å². The normalized spacial score (nSPS) is 15.9. The van der Waals surface area contributed by atoms with E-state index in [1.165, 1.54) is 32.1 Å². The fraction of sp³-hybridized carbons (Fsp3) is 0.733. The Labute approximate surface area is 126 Å². The summed E-state index contributed by atoms with van der Waals surface area (Å²) < 4.78 is 5.89. The number of hydrogen-bond acceptors (Lipinski definition) is 6. The fourth-order valence-corrected chi connectivity index (χ4v) is 2.63. The number of nitrogens with zero attached hydrogens (tertiary/aromatic N) is 2. The smallest absolute Gasteiger partial charge is 0.145 e. The molecule has 6 heteroatoms. The third-order valence-electron chi connectivity index (χ3n) is 3.71. The Bertz CT molecular complexity index is 421. The average Bonchev–Trinajstić information content (AvgIpc) is 2.53. The lowest BCUT2D eigenvalue weighted by molar-refractivity contribution is 0.0347. The number of rotatable bonds is 8. The molecule has 6 nitrogen and oxygen atoms in total. The van der Waals surface area contributed by atoms with Crippen LogP contribution in [-0.4, -0.2) is 29.2 Å². The summed E-state index contributed by atoms with van der Waals surface area (Å²) in [4.78, 5) is 8.81. The van der Waals surface area contributed by atoms with Crippen molar-refractivity contribution < 1.29 is 4.74 Å². The minimum absolute atomic E-state index is 0.447. The summed E-state index contributed by atoms with van der Waals surface area (Å²) in [6.45, 7) is 3.57. The van der Waals surface area contributed by atoms with E-state index < -0.39 is 0 Å². The van der Waals surface area contributed by atoms with E-state index in [2.05, 4.69) is 27.6 Å². The molecule has 1 saturated carbocycles. The van der Waals surface area contributed by atoms with Crippen LogP contribution in [0.25, 0.3) is 0 Å². The van der Waals surface area contributed by atoms with Gasteiger partial charge in [-0.05, 0) is 19.3 Å². The summed E-state index contributed by atoms with van der Waals surface area (Å²) in [7, 11) is 0. The van der Waals surface area contributed by atoms with Crippen molar-refractivity contribution in [1.82, 2.24) is 9.97 Å². The summed E-state index contributed by atoms with van der Waals surface area (Å²) in [5, 5.41) is 3.29. The molecule has 21 heavy (non-hydrogen) atoms. The van der Waals surface area contributed by atoms with Crippen LogP contribution in [0.15, 0.2) is 6.07 Å². The monoisotopic (exact) mass is 293 g/mol. The predicted molar refractivity (Wildman–Crippen MR) is 85.2 cm³/mol. The minimum Gasteiger partial charge on any atom is -0.376 e. The van der Waals surface area contributed by atoms with Crippen LogP contribution in [0.5, 0.6) is 0 Å². The minimum atomic E-state index is 0.447. The number of aryl methyl sites for hydroxylation is 1. The molecule has 0 spiro atoms. The van der Waals surface area contributed by atoms with Gasteiger partial charge in [0, 0.05) is 19.0 Å². The Balaban J connectivity index is 1.77. The maximum absolute atomic E-state index is 5.89. The highest BCUT2D eigenvalue weighted by atomic mass is 16.5. The molecule has 2 rings (SSSR count). The van der Waals surface area contributed by atoms with Crippen molar-refractivity contribution in [3.8, 4) is 0 Å². The van der Waals surface area contributed by atoms with E-state index in [4.69, 9.17) is 10.6 Å². The van der Waals surface area contributed by atoms with Gasteiger partial charge in [0.05, 0.1) is 12.7 Å². The number of aromatic nitrogens is 2. The van der Waals surface area contributed by atoms with Gasteiger partial charge in [0.25, 0.3) is 0 Å². The number of ether oxygens (including phenoxy) is 1. The quantitative estimate of drug-likeness (QED) is 0.388. The van der Waals surface area contributed by atoms with E-state index in [1.54, 1.807) is 0 Å². The van der Waals surface area contributed by atoms with Gasteiger partial charge in [-0.1, -0.05) is 26.2 Å². The van der Waals surface area contributed by atoms with Crippen LogP contribution in [0.1, 0.15) is 51.3 Å². The molecular formula is C15H27N5O. The lowest BCUT2D eigenvalue weighted by atomic mass is 9.98. The van der Waals surface area contributed by atoms with Crippen LogP contribution in [0, 0.1) is 0 Å². The van der Waals surface area contributed by atoms with Crippen molar-refractivity contribution in [3.63, 3.8) is 0 Å². The van der Waals surface area contributed by atoms with Crippen molar-refractivity contribution in [2.45, 2.75) is 58.0 Å². The van der Waals surface area contributed by atoms with Gasteiger partial charge in [-0.15, -0.1) is 0 Å². The van der Waals surface area contributed by atoms with Gasteiger partial charge in [0.1, 0.15) is 17.5 Å².